The van der Waals surface area contributed by atoms with E-state index in [0.29, 0.717) is 18.6 Å². The van der Waals surface area contributed by atoms with E-state index >= 15 is 0 Å². The van der Waals surface area contributed by atoms with Crippen LogP contribution >= 0.6 is 0 Å². The molecule has 102 valence electrons. The molecular weight excluding hydrogens is 246 g/mol. The van der Waals surface area contributed by atoms with Crippen molar-refractivity contribution in [3.05, 3.63) is 35.4 Å². The molecular formula is C14H17NO4. The summed E-state index contributed by atoms with van der Waals surface area (Å²) in [6.07, 6.45) is 2.38. The highest BCUT2D eigenvalue weighted by atomic mass is 16.5. The molecule has 1 unspecified atom stereocenters. The second kappa shape index (κ2) is 5.84. The largest absolute Gasteiger partial charge is 0.479 e. The van der Waals surface area contributed by atoms with Crippen molar-refractivity contribution in [2.24, 2.45) is 0 Å². The number of rotatable bonds is 7. The van der Waals surface area contributed by atoms with Crippen molar-refractivity contribution in [2.45, 2.75) is 31.5 Å². The summed E-state index contributed by atoms with van der Waals surface area (Å²) in [6.45, 7) is 0.331. The van der Waals surface area contributed by atoms with Crippen LogP contribution in [0.25, 0.3) is 0 Å². The lowest BCUT2D eigenvalue weighted by atomic mass is 9.99. The molecule has 0 spiro atoms. The summed E-state index contributed by atoms with van der Waals surface area (Å²) in [5.41, 5.74) is 1.42. The predicted molar refractivity (Wildman–Crippen MR) is 68.5 cm³/mol. The first kappa shape index (κ1) is 13.5. The third-order valence-corrected chi connectivity index (χ3v) is 3.27. The van der Waals surface area contributed by atoms with Gasteiger partial charge >= 0.3 is 5.97 Å². The molecule has 5 heteroatoms. The van der Waals surface area contributed by atoms with Gasteiger partial charge in [0.25, 0.3) is 0 Å². The SMILES string of the molecule is COCc1ccccc1C(C(=O)O)N(C=O)C1CC1. The average molecular weight is 263 g/mol. The Balaban J connectivity index is 2.37. The fourth-order valence-electron chi connectivity index (χ4n) is 2.24. The number of hydrogen-bond donors (Lipinski definition) is 1. The molecule has 0 aromatic heterocycles. The molecule has 1 saturated carbocycles. The second-order valence-corrected chi connectivity index (χ2v) is 4.66. The number of methoxy groups -OCH3 is 1. The van der Waals surface area contributed by atoms with Crippen molar-refractivity contribution < 1.29 is 19.4 Å². The fourth-order valence-corrected chi connectivity index (χ4v) is 2.24. The van der Waals surface area contributed by atoms with Crippen LogP contribution in [0.3, 0.4) is 0 Å². The van der Waals surface area contributed by atoms with Crippen molar-refractivity contribution in [1.29, 1.82) is 0 Å². The Hall–Kier alpha value is -1.88. The van der Waals surface area contributed by atoms with E-state index in [2.05, 4.69) is 0 Å². The van der Waals surface area contributed by atoms with E-state index < -0.39 is 12.0 Å². The van der Waals surface area contributed by atoms with Crippen LogP contribution in [0.5, 0.6) is 0 Å². The lowest BCUT2D eigenvalue weighted by molar-refractivity contribution is -0.147. The zero-order chi connectivity index (χ0) is 13.8. The highest BCUT2D eigenvalue weighted by molar-refractivity contribution is 5.79. The quantitative estimate of drug-likeness (QED) is 0.758. The molecule has 1 aromatic rings. The zero-order valence-corrected chi connectivity index (χ0v) is 10.8. The number of carboxylic acids is 1. The molecule has 0 bridgehead atoms. The summed E-state index contributed by atoms with van der Waals surface area (Å²) < 4.78 is 5.09. The maximum atomic E-state index is 11.5. The van der Waals surface area contributed by atoms with E-state index in [0.717, 1.165) is 18.4 Å². The Morgan fingerprint density at radius 2 is 2.21 bits per heavy atom. The number of aliphatic carboxylic acids is 1. The maximum Gasteiger partial charge on any atom is 0.331 e. The Kier molecular flexibility index (Phi) is 4.16. The fraction of sp³-hybridized carbons (Fsp3) is 0.429. The predicted octanol–water partition coefficient (Wildman–Crippen LogP) is 1.58. The molecule has 2 rings (SSSR count). The molecule has 1 fully saturated rings. The van der Waals surface area contributed by atoms with Crippen molar-refractivity contribution >= 4 is 12.4 Å². The third kappa shape index (κ3) is 2.93. The standard InChI is InChI=1S/C14H17NO4/c1-19-8-10-4-2-3-5-12(10)13(14(17)18)15(9-16)11-6-7-11/h2-5,9,11,13H,6-8H2,1H3,(H,17,18). The average Bonchev–Trinajstić information content (AvgIpc) is 3.21. The van der Waals surface area contributed by atoms with E-state index in [1.165, 1.54) is 4.90 Å². The molecule has 0 saturated heterocycles. The minimum atomic E-state index is -1.01. The van der Waals surface area contributed by atoms with E-state index in [1.54, 1.807) is 19.2 Å². The number of carbonyl (C=O) groups excluding carboxylic acids is 1. The van der Waals surface area contributed by atoms with Crippen LogP contribution in [0, 0.1) is 0 Å². The van der Waals surface area contributed by atoms with Gasteiger partial charge in [0.05, 0.1) is 6.61 Å². The molecule has 1 aliphatic carbocycles. The summed E-state index contributed by atoms with van der Waals surface area (Å²) >= 11 is 0. The molecule has 1 amide bonds. The van der Waals surface area contributed by atoms with Crippen molar-refractivity contribution in [3.63, 3.8) is 0 Å². The van der Waals surface area contributed by atoms with Crippen LogP contribution in [0.2, 0.25) is 0 Å². The molecule has 0 radical (unpaired) electrons. The van der Waals surface area contributed by atoms with Gasteiger partial charge in [0.1, 0.15) is 0 Å². The molecule has 1 atom stereocenters. The minimum Gasteiger partial charge on any atom is -0.479 e. The van der Waals surface area contributed by atoms with Crippen molar-refractivity contribution in [1.82, 2.24) is 4.90 Å². The Morgan fingerprint density at radius 3 is 2.74 bits per heavy atom. The van der Waals surface area contributed by atoms with Gasteiger partial charge in [-0.3, -0.25) is 4.79 Å². The van der Waals surface area contributed by atoms with Gasteiger partial charge < -0.3 is 14.7 Å². The molecule has 19 heavy (non-hydrogen) atoms. The Bertz CT molecular complexity index is 470. The van der Waals surface area contributed by atoms with Crippen molar-refractivity contribution in [3.8, 4) is 0 Å². The number of nitrogens with zero attached hydrogens (tertiary/aromatic N) is 1. The lowest BCUT2D eigenvalue weighted by Gasteiger charge is -2.26. The zero-order valence-electron chi connectivity index (χ0n) is 10.8. The highest BCUT2D eigenvalue weighted by Crippen LogP contribution is 2.34. The summed E-state index contributed by atoms with van der Waals surface area (Å²) in [7, 11) is 1.56. The van der Waals surface area contributed by atoms with Gasteiger partial charge in [-0.05, 0) is 24.0 Å². The number of benzene rings is 1. The topological polar surface area (TPSA) is 66.8 Å². The molecule has 5 nitrogen and oxygen atoms in total. The third-order valence-electron chi connectivity index (χ3n) is 3.27. The molecule has 0 aliphatic heterocycles. The molecule has 1 aromatic carbocycles. The summed E-state index contributed by atoms with van der Waals surface area (Å²) in [6, 6.07) is 6.29. The number of carbonyl (C=O) groups is 2. The number of hydrogen-bond acceptors (Lipinski definition) is 3. The summed E-state index contributed by atoms with van der Waals surface area (Å²) in [5.74, 6) is -1.01. The summed E-state index contributed by atoms with van der Waals surface area (Å²) in [4.78, 5) is 24.2. The first-order valence-corrected chi connectivity index (χ1v) is 6.21. The highest BCUT2D eigenvalue weighted by Gasteiger charge is 2.38. The minimum absolute atomic E-state index is 0.0502. The van der Waals surface area contributed by atoms with Gasteiger partial charge in [-0.2, -0.15) is 0 Å². The van der Waals surface area contributed by atoms with Crippen LogP contribution in [0.4, 0.5) is 0 Å². The Morgan fingerprint density at radius 1 is 1.53 bits per heavy atom. The van der Waals surface area contributed by atoms with E-state index in [4.69, 9.17) is 4.74 Å². The molecule has 1 N–H and O–H groups in total. The maximum absolute atomic E-state index is 11.5. The van der Waals surface area contributed by atoms with Gasteiger partial charge in [0.2, 0.25) is 6.41 Å². The monoisotopic (exact) mass is 263 g/mol. The van der Waals surface area contributed by atoms with Crippen LogP contribution in [-0.4, -0.2) is 35.5 Å². The Labute approximate surface area is 111 Å². The smallest absolute Gasteiger partial charge is 0.331 e. The number of ether oxygens (including phenoxy) is 1. The van der Waals surface area contributed by atoms with Gasteiger partial charge in [-0.25, -0.2) is 4.79 Å². The van der Waals surface area contributed by atoms with Gasteiger partial charge in [-0.15, -0.1) is 0 Å². The van der Waals surface area contributed by atoms with Crippen LogP contribution < -0.4 is 0 Å². The van der Waals surface area contributed by atoms with E-state index in [9.17, 15) is 14.7 Å². The van der Waals surface area contributed by atoms with Gasteiger partial charge in [-0.1, -0.05) is 24.3 Å². The van der Waals surface area contributed by atoms with Crippen LogP contribution in [0.15, 0.2) is 24.3 Å². The molecule has 1 aliphatic rings. The first-order valence-electron chi connectivity index (χ1n) is 6.21. The molecule has 0 heterocycles. The normalized spacial score (nSPS) is 15.8. The van der Waals surface area contributed by atoms with E-state index in [1.807, 2.05) is 12.1 Å². The van der Waals surface area contributed by atoms with Crippen molar-refractivity contribution in [2.75, 3.05) is 7.11 Å². The van der Waals surface area contributed by atoms with Gasteiger partial charge in [0, 0.05) is 13.2 Å². The van der Waals surface area contributed by atoms with Gasteiger partial charge in [0.15, 0.2) is 6.04 Å². The van der Waals surface area contributed by atoms with Crippen LogP contribution in [0.1, 0.15) is 30.0 Å². The second-order valence-electron chi connectivity index (χ2n) is 4.66. The summed E-state index contributed by atoms with van der Waals surface area (Å²) in [5, 5.41) is 9.46. The van der Waals surface area contributed by atoms with Crippen LogP contribution in [-0.2, 0) is 20.9 Å². The lowest BCUT2D eigenvalue weighted by Crippen LogP contribution is -2.35. The first-order chi connectivity index (χ1) is 9.19. The number of carboxylic acid groups (broad SMARTS) is 1. The van der Waals surface area contributed by atoms with E-state index in [-0.39, 0.29) is 6.04 Å². The number of amides is 1.